The third-order valence-electron chi connectivity index (χ3n) is 3.20. The smallest absolute Gasteiger partial charge is 0.225 e. The summed E-state index contributed by atoms with van der Waals surface area (Å²) in [7, 11) is 0. The van der Waals surface area contributed by atoms with Crippen LogP contribution >= 0.6 is 0 Å². The summed E-state index contributed by atoms with van der Waals surface area (Å²) in [5, 5.41) is 3.31. The molecule has 0 atom stereocenters. The molecule has 1 fully saturated rings. The third kappa shape index (κ3) is 3.18. The molecule has 0 saturated carbocycles. The molecular weight excluding hydrogens is 228 g/mol. The van der Waals surface area contributed by atoms with Gasteiger partial charge in [-0.1, -0.05) is 13.8 Å². The van der Waals surface area contributed by atoms with Crippen LogP contribution < -0.4 is 5.32 Å². The summed E-state index contributed by atoms with van der Waals surface area (Å²) >= 11 is 0. The molecule has 2 rings (SSSR count). The average Bonchev–Trinajstić information content (AvgIpc) is 2.40. The number of likely N-dealkylation sites (tertiary alicyclic amines) is 1. The van der Waals surface area contributed by atoms with Crippen LogP contribution in [0.2, 0.25) is 0 Å². The van der Waals surface area contributed by atoms with Gasteiger partial charge in [0.2, 0.25) is 11.9 Å². The highest BCUT2D eigenvalue weighted by atomic mass is 16.2. The van der Waals surface area contributed by atoms with E-state index in [9.17, 15) is 4.79 Å². The van der Waals surface area contributed by atoms with Crippen molar-refractivity contribution < 1.29 is 6.22 Å². The molecule has 0 unspecified atom stereocenters. The van der Waals surface area contributed by atoms with Crippen LogP contribution in [0.5, 0.6) is 0 Å². The monoisotopic (exact) mass is 250 g/mol. The summed E-state index contributed by atoms with van der Waals surface area (Å²) in [5.74, 6) is 1.02. The first-order valence-corrected chi connectivity index (χ1v) is 6.49. The van der Waals surface area contributed by atoms with Crippen LogP contribution in [-0.2, 0) is 4.79 Å². The minimum atomic E-state index is 0. The Balaban J connectivity index is 0.00000180. The van der Waals surface area contributed by atoms with Crippen LogP contribution in [0.4, 0.5) is 5.95 Å². The summed E-state index contributed by atoms with van der Waals surface area (Å²) in [6, 6.07) is 2.17. The Morgan fingerprint density at radius 2 is 2.00 bits per heavy atom. The van der Waals surface area contributed by atoms with Crippen molar-refractivity contribution in [2.75, 3.05) is 18.4 Å². The predicted octanol–water partition coefficient (Wildman–Crippen LogP) is 1.78. The Morgan fingerprint density at radius 1 is 1.39 bits per heavy atom. The molecule has 1 amide bonds. The first-order valence-electron chi connectivity index (χ1n) is 6.49. The Hall–Kier alpha value is -1.65. The molecule has 5 nitrogen and oxygen atoms in total. The highest BCUT2D eigenvalue weighted by molar-refractivity contribution is 5.78. The Kier molecular flexibility index (Phi) is 4.12. The summed E-state index contributed by atoms with van der Waals surface area (Å²) in [4.78, 5) is 22.1. The predicted molar refractivity (Wildman–Crippen MR) is 72.2 cm³/mol. The number of piperidine rings is 1. The first-order chi connectivity index (χ1) is 8.66. The van der Waals surface area contributed by atoms with Crippen LogP contribution in [0.15, 0.2) is 18.5 Å². The number of aromatic nitrogens is 2. The second-order valence-electron chi connectivity index (χ2n) is 4.97. The van der Waals surface area contributed by atoms with E-state index in [0.717, 1.165) is 25.9 Å². The number of nitrogens with zero attached hydrogens (tertiary/aromatic N) is 3. The number of hydrogen-bond acceptors (Lipinski definition) is 4. The standard InChI is InChI=1S/C13H20N4O.H2/c1-10(2)12(18)17-8-4-11(5-9-17)16-13-14-6-3-7-15-13;/h3,6-7,10-11H,4-5,8-9H2,1-2H3,(H,14,15,16);1H. The maximum Gasteiger partial charge on any atom is 0.225 e. The highest BCUT2D eigenvalue weighted by Crippen LogP contribution is 2.15. The van der Waals surface area contributed by atoms with Crippen molar-refractivity contribution in [3.63, 3.8) is 0 Å². The van der Waals surface area contributed by atoms with E-state index in [1.54, 1.807) is 18.5 Å². The number of rotatable bonds is 3. The zero-order chi connectivity index (χ0) is 13.0. The Labute approximate surface area is 109 Å². The lowest BCUT2D eigenvalue weighted by molar-refractivity contribution is -0.135. The fraction of sp³-hybridized carbons (Fsp3) is 0.615. The maximum absolute atomic E-state index is 11.8. The average molecular weight is 250 g/mol. The highest BCUT2D eigenvalue weighted by Gasteiger charge is 2.24. The number of carbonyl (C=O) groups excluding carboxylic acids is 1. The van der Waals surface area contributed by atoms with E-state index in [0.29, 0.717) is 12.0 Å². The van der Waals surface area contributed by atoms with Crippen LogP contribution in [0.1, 0.15) is 28.1 Å². The van der Waals surface area contributed by atoms with Crippen molar-refractivity contribution in [1.82, 2.24) is 14.9 Å². The second kappa shape index (κ2) is 5.80. The molecule has 1 aliphatic rings. The van der Waals surface area contributed by atoms with Crippen molar-refractivity contribution in [3.05, 3.63) is 18.5 Å². The number of anilines is 1. The van der Waals surface area contributed by atoms with Crippen LogP contribution in [-0.4, -0.2) is 39.9 Å². The molecule has 1 aromatic heterocycles. The molecule has 1 N–H and O–H groups in total. The van der Waals surface area contributed by atoms with Gasteiger partial charge >= 0.3 is 0 Å². The fourth-order valence-electron chi connectivity index (χ4n) is 2.17. The lowest BCUT2D eigenvalue weighted by atomic mass is 10.0. The molecule has 0 aliphatic carbocycles. The van der Waals surface area contributed by atoms with Gasteiger partial charge in [-0.2, -0.15) is 0 Å². The summed E-state index contributed by atoms with van der Waals surface area (Å²) < 4.78 is 0. The quantitative estimate of drug-likeness (QED) is 0.888. The summed E-state index contributed by atoms with van der Waals surface area (Å²) in [5.41, 5.74) is 0. The van der Waals surface area contributed by atoms with Gasteiger partial charge in [0.05, 0.1) is 0 Å². The van der Waals surface area contributed by atoms with Gasteiger partial charge in [0.15, 0.2) is 0 Å². The number of amides is 1. The van der Waals surface area contributed by atoms with E-state index < -0.39 is 0 Å². The Morgan fingerprint density at radius 3 is 2.56 bits per heavy atom. The topological polar surface area (TPSA) is 58.1 Å². The Bertz CT molecular complexity index is 391. The summed E-state index contributed by atoms with van der Waals surface area (Å²) in [6.45, 7) is 5.54. The van der Waals surface area contributed by atoms with E-state index in [1.165, 1.54) is 0 Å². The van der Waals surface area contributed by atoms with Gasteiger partial charge in [0.1, 0.15) is 0 Å². The third-order valence-corrected chi connectivity index (χ3v) is 3.20. The molecule has 2 heterocycles. The van der Waals surface area contributed by atoms with Gasteiger partial charge in [-0.25, -0.2) is 9.97 Å². The van der Waals surface area contributed by atoms with Gasteiger partial charge in [-0.15, -0.1) is 0 Å². The van der Waals surface area contributed by atoms with Gasteiger partial charge in [-0.05, 0) is 18.9 Å². The van der Waals surface area contributed by atoms with Crippen molar-refractivity contribution in [1.29, 1.82) is 0 Å². The molecule has 1 aromatic rings. The number of carbonyl (C=O) groups is 1. The van der Waals surface area contributed by atoms with Gasteiger partial charge in [0, 0.05) is 38.9 Å². The van der Waals surface area contributed by atoms with Crippen LogP contribution in [0.25, 0.3) is 0 Å². The SMILES string of the molecule is CC(C)C(=O)N1CCC(Nc2ncccn2)CC1.[HH]. The van der Waals surface area contributed by atoms with Crippen LogP contribution in [0, 0.1) is 5.92 Å². The molecule has 1 saturated heterocycles. The molecule has 0 bridgehead atoms. The largest absolute Gasteiger partial charge is 0.351 e. The maximum atomic E-state index is 11.8. The van der Waals surface area contributed by atoms with E-state index in [1.807, 2.05) is 18.7 Å². The lowest BCUT2D eigenvalue weighted by Crippen LogP contribution is -2.44. The summed E-state index contributed by atoms with van der Waals surface area (Å²) in [6.07, 6.45) is 5.37. The normalized spacial score (nSPS) is 16.9. The molecule has 5 heteroatoms. The first kappa shape index (κ1) is 12.8. The van der Waals surface area contributed by atoms with E-state index in [2.05, 4.69) is 15.3 Å². The number of nitrogens with one attached hydrogen (secondary N) is 1. The van der Waals surface area contributed by atoms with Gasteiger partial charge in [0.25, 0.3) is 0 Å². The van der Waals surface area contributed by atoms with Gasteiger partial charge in [-0.3, -0.25) is 4.79 Å². The van der Waals surface area contributed by atoms with Crippen LogP contribution in [0.3, 0.4) is 0 Å². The molecule has 0 aromatic carbocycles. The fourth-order valence-corrected chi connectivity index (χ4v) is 2.17. The van der Waals surface area contributed by atoms with Crippen molar-refractivity contribution in [2.24, 2.45) is 5.92 Å². The van der Waals surface area contributed by atoms with E-state index >= 15 is 0 Å². The van der Waals surface area contributed by atoms with Crippen molar-refractivity contribution in [3.8, 4) is 0 Å². The zero-order valence-corrected chi connectivity index (χ0v) is 11.0. The van der Waals surface area contributed by atoms with Crippen molar-refractivity contribution in [2.45, 2.75) is 32.7 Å². The molecule has 0 radical (unpaired) electrons. The van der Waals surface area contributed by atoms with Gasteiger partial charge < -0.3 is 10.2 Å². The van der Waals surface area contributed by atoms with E-state index in [4.69, 9.17) is 0 Å². The minimum absolute atomic E-state index is 0. The zero-order valence-electron chi connectivity index (χ0n) is 11.0. The molecule has 18 heavy (non-hydrogen) atoms. The molecule has 1 aliphatic heterocycles. The van der Waals surface area contributed by atoms with Crippen molar-refractivity contribution >= 4 is 11.9 Å². The molecular formula is C13H22N4O. The second-order valence-corrected chi connectivity index (χ2v) is 4.97. The van der Waals surface area contributed by atoms with E-state index in [-0.39, 0.29) is 13.3 Å². The minimum Gasteiger partial charge on any atom is -0.351 e. The molecule has 0 spiro atoms. The lowest BCUT2D eigenvalue weighted by Gasteiger charge is -2.33. The molecule has 100 valence electrons. The number of hydrogen-bond donors (Lipinski definition) is 1.